The Labute approximate surface area is 347 Å². The third kappa shape index (κ3) is 38.3. The molecule has 6 heteroatoms. The molecule has 0 aliphatic rings. The minimum atomic E-state index is -0.452. The molecule has 0 aliphatic carbocycles. The maximum absolute atomic E-state index is 13.3. The quantitative estimate of drug-likeness (QED) is 0.0347. The first kappa shape index (κ1) is 54.0. The second-order valence-electron chi connectivity index (χ2n) is 16.9. The van der Waals surface area contributed by atoms with E-state index in [1.54, 1.807) is 11.8 Å². The van der Waals surface area contributed by atoms with Gasteiger partial charge in [-0.05, 0) is 44.4 Å². The molecule has 0 N–H and O–H groups in total. The van der Waals surface area contributed by atoms with Gasteiger partial charge in [0.2, 0.25) is 0 Å². The van der Waals surface area contributed by atoms with Crippen LogP contribution in [-0.2, 0) is 23.9 Å². The molecule has 0 fully saturated rings. The topological polar surface area (TPSA) is 69.7 Å². The van der Waals surface area contributed by atoms with Gasteiger partial charge >= 0.3 is 11.9 Å². The molecule has 55 heavy (non-hydrogen) atoms. The van der Waals surface area contributed by atoms with Crippen LogP contribution in [0, 0.1) is 11.8 Å². The molecule has 0 bridgehead atoms. The summed E-state index contributed by atoms with van der Waals surface area (Å²) in [5, 5.41) is 0. The highest BCUT2D eigenvalue weighted by molar-refractivity contribution is 7.99. The van der Waals surface area contributed by atoms with Gasteiger partial charge in [0.25, 0.3) is 0 Å². The van der Waals surface area contributed by atoms with Crippen molar-refractivity contribution in [3.05, 3.63) is 0 Å². The van der Waals surface area contributed by atoms with Gasteiger partial charge in [0.15, 0.2) is 0 Å². The molecule has 0 heterocycles. The van der Waals surface area contributed by atoms with Gasteiger partial charge in [0.05, 0.1) is 18.9 Å². The van der Waals surface area contributed by atoms with Crippen LogP contribution in [0.15, 0.2) is 0 Å². The number of hydrogen-bond acceptors (Lipinski definition) is 6. The molecule has 0 radical (unpaired) electrons. The van der Waals surface area contributed by atoms with Crippen LogP contribution in [0.3, 0.4) is 0 Å². The number of aldehydes is 1. The number of thioether (sulfide) groups is 1. The van der Waals surface area contributed by atoms with Crippen molar-refractivity contribution in [2.24, 2.45) is 11.8 Å². The van der Waals surface area contributed by atoms with E-state index in [-0.39, 0.29) is 24.5 Å². The fourth-order valence-corrected chi connectivity index (χ4v) is 8.67. The largest absolute Gasteiger partial charge is 0.465 e. The first-order valence-electron chi connectivity index (χ1n) is 24.4. The summed E-state index contributed by atoms with van der Waals surface area (Å²) in [7, 11) is 0. The fraction of sp³-hybridized carbons (Fsp3) is 0.939. The van der Waals surface area contributed by atoms with Crippen molar-refractivity contribution in [2.75, 3.05) is 18.1 Å². The lowest BCUT2D eigenvalue weighted by Gasteiger charge is -2.21. The number of ether oxygens (including phenoxy) is 2. The Morgan fingerprint density at radius 1 is 0.509 bits per heavy atom. The average molecular weight is 795 g/mol. The van der Waals surface area contributed by atoms with E-state index >= 15 is 0 Å². The van der Waals surface area contributed by atoms with Crippen molar-refractivity contribution in [3.63, 3.8) is 0 Å². The van der Waals surface area contributed by atoms with Crippen LogP contribution in [0.1, 0.15) is 259 Å². The van der Waals surface area contributed by atoms with Crippen molar-refractivity contribution in [3.8, 4) is 0 Å². The van der Waals surface area contributed by atoms with E-state index < -0.39 is 5.92 Å². The second-order valence-corrected chi connectivity index (χ2v) is 18.0. The van der Waals surface area contributed by atoms with E-state index in [2.05, 4.69) is 27.7 Å². The summed E-state index contributed by atoms with van der Waals surface area (Å²) >= 11 is 1.57. The average Bonchev–Trinajstić information content (AvgIpc) is 3.18. The van der Waals surface area contributed by atoms with Gasteiger partial charge < -0.3 is 14.3 Å². The number of carbonyl (C=O) groups is 3. The van der Waals surface area contributed by atoms with Crippen LogP contribution in [0.2, 0.25) is 0 Å². The van der Waals surface area contributed by atoms with Crippen LogP contribution >= 0.6 is 11.8 Å². The molecule has 0 aliphatic heterocycles. The maximum Gasteiger partial charge on any atom is 0.310 e. The summed E-state index contributed by atoms with van der Waals surface area (Å²) in [6.07, 6.45) is 44.1. The molecule has 0 saturated heterocycles. The number of carbonyl (C=O) groups excluding carboxylic acids is 3. The molecule has 0 aromatic rings. The van der Waals surface area contributed by atoms with E-state index in [0.29, 0.717) is 30.5 Å². The highest BCUT2D eigenvalue weighted by Gasteiger charge is 2.24. The number of esters is 2. The molecule has 0 saturated carbocycles. The van der Waals surface area contributed by atoms with Gasteiger partial charge in [-0.2, -0.15) is 11.8 Å². The summed E-state index contributed by atoms with van der Waals surface area (Å²) in [6.45, 7) is 9.57. The van der Waals surface area contributed by atoms with Crippen LogP contribution < -0.4 is 0 Å². The lowest BCUT2D eigenvalue weighted by molar-refractivity contribution is -0.154. The summed E-state index contributed by atoms with van der Waals surface area (Å²) < 4.78 is 12.0. The van der Waals surface area contributed by atoms with Crippen molar-refractivity contribution < 1.29 is 23.9 Å². The number of hydrogen-bond donors (Lipinski definition) is 0. The third-order valence-corrected chi connectivity index (χ3v) is 12.6. The van der Waals surface area contributed by atoms with E-state index in [1.165, 1.54) is 180 Å². The van der Waals surface area contributed by atoms with Crippen LogP contribution in [0.25, 0.3) is 0 Å². The van der Waals surface area contributed by atoms with Gasteiger partial charge in [-0.25, -0.2) is 0 Å². The maximum atomic E-state index is 13.3. The van der Waals surface area contributed by atoms with E-state index in [1.807, 2.05) is 0 Å². The lowest BCUT2D eigenvalue weighted by atomic mass is 9.94. The Hall–Kier alpha value is -1.04. The molecular formula is C49H94O5S. The van der Waals surface area contributed by atoms with Crippen LogP contribution in [0.4, 0.5) is 0 Å². The predicted molar refractivity (Wildman–Crippen MR) is 240 cm³/mol. The fourth-order valence-electron chi connectivity index (χ4n) is 7.64. The first-order valence-corrected chi connectivity index (χ1v) is 25.5. The van der Waals surface area contributed by atoms with Gasteiger partial charge in [0.1, 0.15) is 12.4 Å². The van der Waals surface area contributed by atoms with Crippen LogP contribution in [0.5, 0.6) is 0 Å². The zero-order chi connectivity index (χ0) is 40.3. The Bertz CT molecular complexity index is 803. The number of unbranched alkanes of at least 4 members (excludes halogenated alkanes) is 26. The van der Waals surface area contributed by atoms with Gasteiger partial charge in [-0.15, -0.1) is 0 Å². The van der Waals surface area contributed by atoms with Gasteiger partial charge in [0, 0.05) is 17.9 Å². The van der Waals surface area contributed by atoms with Crippen molar-refractivity contribution in [2.45, 2.75) is 265 Å². The smallest absolute Gasteiger partial charge is 0.310 e. The lowest BCUT2D eigenvalue weighted by Crippen LogP contribution is -2.26. The molecule has 2 unspecified atom stereocenters. The van der Waals surface area contributed by atoms with Gasteiger partial charge in [-0.3, -0.25) is 9.59 Å². The number of rotatable bonds is 45. The highest BCUT2D eigenvalue weighted by Crippen LogP contribution is 2.23. The zero-order valence-corrected chi connectivity index (χ0v) is 38.2. The van der Waals surface area contributed by atoms with Crippen LogP contribution in [-0.4, -0.2) is 42.4 Å². The molecule has 2 atom stereocenters. The minimum Gasteiger partial charge on any atom is -0.465 e. The normalized spacial score (nSPS) is 12.6. The second kappa shape index (κ2) is 44.1. The highest BCUT2D eigenvalue weighted by atomic mass is 32.2. The van der Waals surface area contributed by atoms with E-state index in [0.717, 1.165) is 44.8 Å². The summed E-state index contributed by atoms with van der Waals surface area (Å²) in [6, 6.07) is 0. The third-order valence-electron chi connectivity index (χ3n) is 11.4. The molecule has 0 spiro atoms. The molecule has 5 nitrogen and oxygen atoms in total. The molecule has 0 rings (SSSR count). The van der Waals surface area contributed by atoms with E-state index in [9.17, 15) is 14.4 Å². The first-order chi connectivity index (χ1) is 27.0. The summed E-state index contributed by atoms with van der Waals surface area (Å²) in [5.41, 5.74) is 0. The molecule has 326 valence electrons. The Morgan fingerprint density at radius 3 is 1.25 bits per heavy atom. The van der Waals surface area contributed by atoms with Crippen molar-refractivity contribution >= 4 is 30.0 Å². The monoisotopic (exact) mass is 795 g/mol. The standard InChI is InChI=1S/C49H94O5S/c1-5-9-13-17-21-23-24-26-28-32-36-45(35-31-27-25-22-18-14-10-6-2)43-53-48(51)40-42-55-44-46(39-41-50)49(52)54-47(37-33-29-19-15-11-7-3)38-34-30-20-16-12-8-4/h41,45-47H,5-40,42-44H2,1-4H3. The Balaban J connectivity index is 4.73. The van der Waals surface area contributed by atoms with Crippen molar-refractivity contribution in [1.29, 1.82) is 0 Å². The molecular weight excluding hydrogens is 701 g/mol. The summed E-state index contributed by atoms with van der Waals surface area (Å²) in [4.78, 5) is 37.7. The molecule has 0 aromatic carbocycles. The SMILES string of the molecule is CCCCCCCCCCCCC(CCCCCCCCCC)COC(=O)CCSCC(CC=O)C(=O)OC(CCCCCCCC)CCCCCCCC. The Morgan fingerprint density at radius 2 is 0.873 bits per heavy atom. The van der Waals surface area contributed by atoms with E-state index in [4.69, 9.17) is 9.47 Å². The zero-order valence-electron chi connectivity index (χ0n) is 37.3. The molecule has 0 amide bonds. The summed E-state index contributed by atoms with van der Waals surface area (Å²) in [5.74, 6) is 0.738. The van der Waals surface area contributed by atoms with Gasteiger partial charge in [-0.1, -0.05) is 207 Å². The predicted octanol–water partition coefficient (Wildman–Crippen LogP) is 15.7. The van der Waals surface area contributed by atoms with Crippen molar-refractivity contribution in [1.82, 2.24) is 0 Å². The minimum absolute atomic E-state index is 0.0574. The molecule has 0 aromatic heterocycles. The Kier molecular flexibility index (Phi) is 43.2.